The fourth-order valence-corrected chi connectivity index (χ4v) is 1.79. The number of rotatable bonds is 7. The first-order valence-electron chi connectivity index (χ1n) is 6.34. The molecule has 0 radical (unpaired) electrons. The van der Waals surface area contributed by atoms with Crippen molar-refractivity contribution in [3.05, 3.63) is 34.9 Å². The van der Waals surface area contributed by atoms with E-state index in [1.807, 2.05) is 13.8 Å². The molecule has 0 aromatic heterocycles. The van der Waals surface area contributed by atoms with Crippen molar-refractivity contribution in [1.82, 2.24) is 0 Å². The van der Waals surface area contributed by atoms with Crippen LogP contribution in [0.5, 0.6) is 0 Å². The zero-order chi connectivity index (χ0) is 13.3. The predicted molar refractivity (Wildman–Crippen MR) is 73.0 cm³/mol. The van der Waals surface area contributed by atoms with Crippen LogP contribution in [0.1, 0.15) is 53.4 Å². The van der Waals surface area contributed by atoms with Gasteiger partial charge in [-0.25, -0.2) is 4.79 Å². The second-order valence-electron chi connectivity index (χ2n) is 4.10. The van der Waals surface area contributed by atoms with Crippen molar-refractivity contribution < 1.29 is 9.90 Å². The Bertz CT molecular complexity index is 333. The molecule has 0 aromatic rings. The lowest BCUT2D eigenvalue weighted by molar-refractivity contribution is -0.132. The second-order valence-corrected chi connectivity index (χ2v) is 4.10. The Morgan fingerprint density at radius 1 is 1.29 bits per heavy atom. The summed E-state index contributed by atoms with van der Waals surface area (Å²) in [6.07, 6.45) is 9.45. The van der Waals surface area contributed by atoms with Crippen molar-refractivity contribution in [1.29, 1.82) is 0 Å². The average Bonchev–Trinajstić information content (AvgIpc) is 2.28. The molecule has 2 heteroatoms. The highest BCUT2D eigenvalue weighted by Crippen LogP contribution is 2.22. The average molecular weight is 236 g/mol. The first-order chi connectivity index (χ1) is 8.08. The maximum atomic E-state index is 11.3. The minimum Gasteiger partial charge on any atom is -0.478 e. The van der Waals surface area contributed by atoms with Crippen LogP contribution in [0, 0.1) is 0 Å². The largest absolute Gasteiger partial charge is 0.478 e. The smallest absolute Gasteiger partial charge is 0.335 e. The van der Waals surface area contributed by atoms with E-state index in [-0.39, 0.29) is 0 Å². The van der Waals surface area contributed by atoms with Crippen LogP contribution in [0.3, 0.4) is 0 Å². The summed E-state index contributed by atoms with van der Waals surface area (Å²) in [5.74, 6) is -0.835. The van der Waals surface area contributed by atoms with Gasteiger partial charge in [0.15, 0.2) is 0 Å². The SMILES string of the molecule is C\C=C/C(C(=O)O)=C(CCCC)\C(C)=C\CC. The van der Waals surface area contributed by atoms with Gasteiger partial charge in [-0.2, -0.15) is 0 Å². The highest BCUT2D eigenvalue weighted by Gasteiger charge is 2.12. The quantitative estimate of drug-likeness (QED) is 0.522. The number of carboxylic acids is 1. The van der Waals surface area contributed by atoms with Crippen molar-refractivity contribution in [2.45, 2.75) is 53.4 Å². The predicted octanol–water partition coefficient (Wildman–Crippen LogP) is 4.49. The fraction of sp³-hybridized carbons (Fsp3) is 0.533. The monoisotopic (exact) mass is 236 g/mol. The number of aliphatic carboxylic acids is 1. The van der Waals surface area contributed by atoms with Gasteiger partial charge in [0, 0.05) is 0 Å². The van der Waals surface area contributed by atoms with Gasteiger partial charge in [-0.05, 0) is 38.7 Å². The van der Waals surface area contributed by atoms with E-state index in [4.69, 9.17) is 0 Å². The van der Waals surface area contributed by atoms with Gasteiger partial charge in [0.1, 0.15) is 0 Å². The van der Waals surface area contributed by atoms with Crippen LogP contribution in [-0.2, 0) is 4.79 Å². The van der Waals surface area contributed by atoms with Gasteiger partial charge >= 0.3 is 5.97 Å². The number of unbranched alkanes of at least 4 members (excludes halogenated alkanes) is 1. The maximum Gasteiger partial charge on any atom is 0.335 e. The molecule has 0 spiro atoms. The molecule has 2 nitrogen and oxygen atoms in total. The third-order valence-electron chi connectivity index (χ3n) is 2.66. The zero-order valence-electron chi connectivity index (χ0n) is 11.4. The van der Waals surface area contributed by atoms with E-state index >= 15 is 0 Å². The first kappa shape index (κ1) is 15.7. The molecule has 0 aromatic carbocycles. The van der Waals surface area contributed by atoms with E-state index in [1.54, 1.807) is 12.2 Å². The Hall–Kier alpha value is -1.31. The number of allylic oxidation sites excluding steroid dienone is 4. The van der Waals surface area contributed by atoms with E-state index in [1.165, 1.54) is 0 Å². The van der Waals surface area contributed by atoms with E-state index in [0.29, 0.717) is 5.57 Å². The molecule has 0 amide bonds. The minimum atomic E-state index is -0.835. The Kier molecular flexibility index (Phi) is 8.12. The van der Waals surface area contributed by atoms with E-state index in [0.717, 1.165) is 36.8 Å². The summed E-state index contributed by atoms with van der Waals surface area (Å²) in [5, 5.41) is 9.25. The van der Waals surface area contributed by atoms with Crippen LogP contribution in [0.2, 0.25) is 0 Å². The van der Waals surface area contributed by atoms with Gasteiger partial charge in [-0.15, -0.1) is 0 Å². The molecule has 0 unspecified atom stereocenters. The lowest BCUT2D eigenvalue weighted by Crippen LogP contribution is -2.04. The topological polar surface area (TPSA) is 37.3 Å². The summed E-state index contributed by atoms with van der Waals surface area (Å²) in [7, 11) is 0. The van der Waals surface area contributed by atoms with Gasteiger partial charge in [0.25, 0.3) is 0 Å². The van der Waals surface area contributed by atoms with Crippen LogP contribution in [0.15, 0.2) is 34.9 Å². The van der Waals surface area contributed by atoms with Crippen LogP contribution in [-0.4, -0.2) is 11.1 Å². The molecule has 0 saturated heterocycles. The molecule has 96 valence electrons. The maximum absolute atomic E-state index is 11.3. The van der Waals surface area contributed by atoms with Gasteiger partial charge in [0.05, 0.1) is 5.57 Å². The third kappa shape index (κ3) is 5.53. The summed E-state index contributed by atoms with van der Waals surface area (Å²) in [4.78, 5) is 11.3. The second kappa shape index (κ2) is 8.80. The summed E-state index contributed by atoms with van der Waals surface area (Å²) >= 11 is 0. The molecule has 0 atom stereocenters. The number of carboxylic acid groups (broad SMARTS) is 1. The normalized spacial score (nSPS) is 14.0. The molecule has 0 aliphatic rings. The van der Waals surface area contributed by atoms with Crippen LogP contribution in [0.25, 0.3) is 0 Å². The minimum absolute atomic E-state index is 0.433. The molecule has 0 saturated carbocycles. The van der Waals surface area contributed by atoms with Crippen molar-refractivity contribution in [3.8, 4) is 0 Å². The summed E-state index contributed by atoms with van der Waals surface area (Å²) in [6, 6.07) is 0. The molecule has 0 rings (SSSR count). The molecular weight excluding hydrogens is 212 g/mol. The van der Waals surface area contributed by atoms with Crippen molar-refractivity contribution in [3.63, 3.8) is 0 Å². The van der Waals surface area contributed by atoms with Gasteiger partial charge in [-0.3, -0.25) is 0 Å². The van der Waals surface area contributed by atoms with Crippen LogP contribution < -0.4 is 0 Å². The highest BCUT2D eigenvalue weighted by molar-refractivity contribution is 5.91. The van der Waals surface area contributed by atoms with Gasteiger partial charge < -0.3 is 5.11 Å². The standard InChI is InChI=1S/C15H24O2/c1-5-8-11-13(12(4)9-6-2)14(10-7-3)15(16)17/h7,9-10H,5-6,8,11H2,1-4H3,(H,16,17)/b10-7-,12-9+,14-13+. The summed E-state index contributed by atoms with van der Waals surface area (Å²) < 4.78 is 0. The molecule has 1 N–H and O–H groups in total. The fourth-order valence-electron chi connectivity index (χ4n) is 1.79. The summed E-state index contributed by atoms with van der Waals surface area (Å²) in [5.41, 5.74) is 2.50. The third-order valence-corrected chi connectivity index (χ3v) is 2.66. The molecule has 0 fully saturated rings. The van der Waals surface area contributed by atoms with Crippen LogP contribution >= 0.6 is 0 Å². The molecule has 0 bridgehead atoms. The molecular formula is C15H24O2. The van der Waals surface area contributed by atoms with E-state index < -0.39 is 5.97 Å². The Labute approximate surface area is 105 Å². The van der Waals surface area contributed by atoms with Crippen molar-refractivity contribution in [2.24, 2.45) is 0 Å². The summed E-state index contributed by atoms with van der Waals surface area (Å²) in [6.45, 7) is 8.03. The Balaban J connectivity index is 5.42. The lowest BCUT2D eigenvalue weighted by atomic mass is 9.95. The Morgan fingerprint density at radius 2 is 1.94 bits per heavy atom. The van der Waals surface area contributed by atoms with E-state index in [2.05, 4.69) is 19.9 Å². The van der Waals surface area contributed by atoms with Crippen molar-refractivity contribution >= 4 is 5.97 Å². The molecule has 17 heavy (non-hydrogen) atoms. The van der Waals surface area contributed by atoms with Crippen molar-refractivity contribution in [2.75, 3.05) is 0 Å². The lowest BCUT2D eigenvalue weighted by Gasteiger charge is -2.11. The number of hydrogen-bond acceptors (Lipinski definition) is 1. The van der Waals surface area contributed by atoms with Gasteiger partial charge in [-0.1, -0.05) is 44.1 Å². The molecule has 0 aliphatic heterocycles. The molecule has 0 aliphatic carbocycles. The number of hydrogen-bond donors (Lipinski definition) is 1. The molecule has 0 heterocycles. The first-order valence-corrected chi connectivity index (χ1v) is 6.34. The van der Waals surface area contributed by atoms with Gasteiger partial charge in [0.2, 0.25) is 0 Å². The highest BCUT2D eigenvalue weighted by atomic mass is 16.4. The number of carbonyl (C=O) groups is 1. The zero-order valence-corrected chi connectivity index (χ0v) is 11.4. The van der Waals surface area contributed by atoms with Crippen LogP contribution in [0.4, 0.5) is 0 Å². The van der Waals surface area contributed by atoms with E-state index in [9.17, 15) is 9.90 Å². The Morgan fingerprint density at radius 3 is 2.35 bits per heavy atom.